The SMILES string of the molecule is C=CC(=O)OC(C)OCC1CCC(COC(C)OC(O)CCCCCN2C(=O)C=CC2=O)CC1. The van der Waals surface area contributed by atoms with Crippen LogP contribution in [-0.2, 0) is 33.3 Å². The van der Waals surface area contributed by atoms with Crippen molar-refractivity contribution in [2.75, 3.05) is 19.8 Å². The molecule has 1 fully saturated rings. The van der Waals surface area contributed by atoms with Gasteiger partial charge in [-0.05, 0) is 70.6 Å². The third-order valence-electron chi connectivity index (χ3n) is 6.13. The molecule has 0 radical (unpaired) electrons. The Bertz CT molecular complexity index is 683. The van der Waals surface area contributed by atoms with Gasteiger partial charge in [-0.25, -0.2) is 4.79 Å². The smallest absolute Gasteiger partial charge is 0.332 e. The van der Waals surface area contributed by atoms with Crippen LogP contribution in [0, 0.1) is 11.8 Å². The zero-order valence-electron chi connectivity index (χ0n) is 20.4. The maximum Gasteiger partial charge on any atom is 0.332 e. The van der Waals surface area contributed by atoms with Crippen molar-refractivity contribution in [1.29, 1.82) is 0 Å². The Morgan fingerprint density at radius 2 is 1.59 bits per heavy atom. The Kier molecular flexibility index (Phi) is 12.5. The Morgan fingerprint density at radius 3 is 2.15 bits per heavy atom. The van der Waals surface area contributed by atoms with E-state index in [9.17, 15) is 19.5 Å². The molecule has 1 aliphatic carbocycles. The van der Waals surface area contributed by atoms with E-state index in [0.717, 1.165) is 44.6 Å². The summed E-state index contributed by atoms with van der Waals surface area (Å²) in [5, 5.41) is 10.1. The van der Waals surface area contributed by atoms with Crippen LogP contribution in [0.3, 0.4) is 0 Å². The molecule has 1 aliphatic heterocycles. The minimum Gasteiger partial charge on any atom is -0.433 e. The highest BCUT2D eigenvalue weighted by molar-refractivity contribution is 6.12. The number of amides is 2. The second-order valence-electron chi connectivity index (χ2n) is 8.93. The zero-order chi connectivity index (χ0) is 24.9. The maximum absolute atomic E-state index is 11.5. The number of aliphatic hydroxyl groups excluding tert-OH is 1. The van der Waals surface area contributed by atoms with Gasteiger partial charge in [0.15, 0.2) is 18.9 Å². The molecule has 0 aromatic rings. The summed E-state index contributed by atoms with van der Waals surface area (Å²) in [4.78, 5) is 35.4. The number of unbranched alkanes of at least 4 members (excludes halogenated alkanes) is 2. The third kappa shape index (κ3) is 10.5. The van der Waals surface area contributed by atoms with E-state index >= 15 is 0 Å². The second kappa shape index (κ2) is 15.0. The lowest BCUT2D eigenvalue weighted by molar-refractivity contribution is -0.227. The van der Waals surface area contributed by atoms with Gasteiger partial charge in [0.25, 0.3) is 11.8 Å². The number of hydrogen-bond donors (Lipinski definition) is 1. The highest BCUT2D eigenvalue weighted by Gasteiger charge is 2.24. The first-order valence-electron chi connectivity index (χ1n) is 12.2. The first-order chi connectivity index (χ1) is 16.3. The Hall–Kier alpha value is -2.07. The molecule has 2 aliphatic rings. The number of rotatable bonds is 16. The number of esters is 1. The first-order valence-corrected chi connectivity index (χ1v) is 12.2. The van der Waals surface area contributed by atoms with Crippen LogP contribution in [0.1, 0.15) is 65.2 Å². The van der Waals surface area contributed by atoms with Gasteiger partial charge < -0.3 is 24.1 Å². The van der Waals surface area contributed by atoms with Crippen molar-refractivity contribution in [2.24, 2.45) is 11.8 Å². The third-order valence-corrected chi connectivity index (χ3v) is 6.13. The molecule has 3 atom stereocenters. The van der Waals surface area contributed by atoms with Crippen LogP contribution in [0.25, 0.3) is 0 Å². The number of carbonyl (C=O) groups excluding carboxylic acids is 3. The van der Waals surface area contributed by atoms with Gasteiger partial charge in [0.2, 0.25) is 0 Å². The molecule has 0 aromatic carbocycles. The van der Waals surface area contributed by atoms with Crippen molar-refractivity contribution in [3.63, 3.8) is 0 Å². The molecular formula is C25H39NO8. The summed E-state index contributed by atoms with van der Waals surface area (Å²) in [6, 6.07) is 0. The van der Waals surface area contributed by atoms with Gasteiger partial charge in [-0.15, -0.1) is 0 Å². The molecule has 0 aromatic heterocycles. The summed E-state index contributed by atoms with van der Waals surface area (Å²) in [5.74, 6) is -0.124. The van der Waals surface area contributed by atoms with Crippen LogP contribution < -0.4 is 0 Å². The fourth-order valence-electron chi connectivity index (χ4n) is 4.10. The van der Waals surface area contributed by atoms with Gasteiger partial charge in [-0.2, -0.15) is 0 Å². The molecule has 1 saturated carbocycles. The first kappa shape index (κ1) is 28.2. The number of hydrogen-bond acceptors (Lipinski definition) is 8. The lowest BCUT2D eigenvalue weighted by Gasteiger charge is -2.30. The second-order valence-corrected chi connectivity index (χ2v) is 8.93. The van der Waals surface area contributed by atoms with Gasteiger partial charge in [0.1, 0.15) is 0 Å². The van der Waals surface area contributed by atoms with Crippen molar-refractivity contribution < 1.29 is 38.4 Å². The van der Waals surface area contributed by atoms with E-state index in [4.69, 9.17) is 18.9 Å². The van der Waals surface area contributed by atoms with Crippen LogP contribution in [0.4, 0.5) is 0 Å². The van der Waals surface area contributed by atoms with Crippen LogP contribution >= 0.6 is 0 Å². The number of imide groups is 1. The fraction of sp³-hybridized carbons (Fsp3) is 0.720. The Labute approximate surface area is 202 Å². The molecule has 192 valence electrons. The van der Waals surface area contributed by atoms with E-state index in [2.05, 4.69) is 6.58 Å². The van der Waals surface area contributed by atoms with E-state index in [1.807, 2.05) is 0 Å². The Morgan fingerprint density at radius 1 is 1.03 bits per heavy atom. The summed E-state index contributed by atoms with van der Waals surface area (Å²) in [5.41, 5.74) is 0. The molecule has 0 saturated heterocycles. The minimum absolute atomic E-state index is 0.262. The van der Waals surface area contributed by atoms with Crippen molar-refractivity contribution in [1.82, 2.24) is 4.90 Å². The van der Waals surface area contributed by atoms with Crippen molar-refractivity contribution in [2.45, 2.75) is 84.1 Å². The van der Waals surface area contributed by atoms with E-state index in [0.29, 0.717) is 44.4 Å². The van der Waals surface area contributed by atoms with Crippen LogP contribution in [0.15, 0.2) is 24.8 Å². The standard InChI is InChI=1S/C25H39NO8/c1-4-24(29)33-18(2)31-16-20-9-11-21(12-10-20)17-32-19(3)34-25(30)8-6-5-7-15-26-22(27)13-14-23(26)28/h4,13-14,18-21,25,30H,1,5-12,15-17H2,2-3H3. The molecule has 2 rings (SSSR count). The van der Waals surface area contributed by atoms with E-state index in [1.165, 1.54) is 17.1 Å². The van der Waals surface area contributed by atoms with Crippen molar-refractivity contribution in [3.8, 4) is 0 Å². The van der Waals surface area contributed by atoms with Gasteiger partial charge >= 0.3 is 5.97 Å². The highest BCUT2D eigenvalue weighted by atomic mass is 16.7. The maximum atomic E-state index is 11.5. The van der Waals surface area contributed by atoms with Crippen LogP contribution in [-0.4, -0.2) is 66.4 Å². The normalized spacial score (nSPS) is 23.1. The van der Waals surface area contributed by atoms with Gasteiger partial charge in [-0.1, -0.05) is 13.0 Å². The highest BCUT2D eigenvalue weighted by Crippen LogP contribution is 2.29. The average Bonchev–Trinajstić information content (AvgIpc) is 3.13. The van der Waals surface area contributed by atoms with E-state index < -0.39 is 24.8 Å². The van der Waals surface area contributed by atoms with Crippen molar-refractivity contribution >= 4 is 17.8 Å². The molecule has 9 heteroatoms. The predicted octanol–water partition coefficient (Wildman–Crippen LogP) is 3.07. The molecule has 3 unspecified atom stereocenters. The molecule has 0 spiro atoms. The number of nitrogens with zero attached hydrogens (tertiary/aromatic N) is 1. The summed E-state index contributed by atoms with van der Waals surface area (Å²) in [6.45, 7) is 8.40. The van der Waals surface area contributed by atoms with E-state index in [1.54, 1.807) is 13.8 Å². The van der Waals surface area contributed by atoms with Gasteiger partial charge in [-0.3, -0.25) is 14.5 Å². The number of ether oxygens (including phenoxy) is 4. The van der Waals surface area contributed by atoms with Gasteiger partial charge in [0.05, 0.1) is 13.2 Å². The topological polar surface area (TPSA) is 112 Å². The molecule has 34 heavy (non-hydrogen) atoms. The van der Waals surface area contributed by atoms with Crippen LogP contribution in [0.2, 0.25) is 0 Å². The average molecular weight is 482 g/mol. The number of carbonyl (C=O) groups is 3. The molecule has 9 nitrogen and oxygen atoms in total. The fourth-order valence-corrected chi connectivity index (χ4v) is 4.10. The molecule has 1 heterocycles. The van der Waals surface area contributed by atoms with Crippen molar-refractivity contribution in [3.05, 3.63) is 24.8 Å². The monoisotopic (exact) mass is 481 g/mol. The molecule has 1 N–H and O–H groups in total. The lowest BCUT2D eigenvalue weighted by atomic mass is 9.83. The largest absolute Gasteiger partial charge is 0.433 e. The van der Waals surface area contributed by atoms with Crippen LogP contribution in [0.5, 0.6) is 0 Å². The molecular weight excluding hydrogens is 442 g/mol. The molecule has 0 bridgehead atoms. The van der Waals surface area contributed by atoms with E-state index in [-0.39, 0.29) is 11.8 Å². The molecule has 2 amide bonds. The number of aliphatic hydroxyl groups is 1. The summed E-state index contributed by atoms with van der Waals surface area (Å²) in [7, 11) is 0. The summed E-state index contributed by atoms with van der Waals surface area (Å²) >= 11 is 0. The predicted molar refractivity (Wildman–Crippen MR) is 124 cm³/mol. The summed E-state index contributed by atoms with van der Waals surface area (Å²) in [6.07, 6.45) is 8.51. The summed E-state index contributed by atoms with van der Waals surface area (Å²) < 4.78 is 21.9. The van der Waals surface area contributed by atoms with Gasteiger partial charge in [0, 0.05) is 24.8 Å². The minimum atomic E-state index is -0.906. The lowest BCUT2D eigenvalue weighted by Crippen LogP contribution is -2.30. The Balaban J connectivity index is 1.48. The quantitative estimate of drug-likeness (QED) is 0.118. The zero-order valence-corrected chi connectivity index (χ0v) is 20.4.